The third kappa shape index (κ3) is 19.2. The molecule has 0 aliphatic rings. The first-order chi connectivity index (χ1) is 11.3. The third-order valence-corrected chi connectivity index (χ3v) is 2.96. The van der Waals surface area contributed by atoms with Gasteiger partial charge in [-0.2, -0.15) is 0 Å². The minimum atomic E-state index is -0.157. The molecular formula is C16H34N2O5. The molecule has 0 aliphatic heterocycles. The predicted molar refractivity (Wildman–Crippen MR) is 89.5 cm³/mol. The van der Waals surface area contributed by atoms with Crippen LogP contribution in [0.1, 0.15) is 32.6 Å². The summed E-state index contributed by atoms with van der Waals surface area (Å²) in [4.78, 5) is 11.4. The number of rotatable bonds is 18. The molecule has 0 unspecified atom stereocenters. The summed E-state index contributed by atoms with van der Waals surface area (Å²) in [6.07, 6.45) is 3.03. The highest BCUT2D eigenvalue weighted by Gasteiger charge is 2.01. The first-order valence-corrected chi connectivity index (χ1v) is 8.60. The topological polar surface area (TPSA) is 92.0 Å². The summed E-state index contributed by atoms with van der Waals surface area (Å²) >= 11 is 0. The molecule has 3 N–H and O–H groups in total. The van der Waals surface area contributed by atoms with Crippen molar-refractivity contribution in [2.75, 3.05) is 65.9 Å². The van der Waals surface area contributed by atoms with Crippen LogP contribution < -0.4 is 11.1 Å². The summed E-state index contributed by atoms with van der Waals surface area (Å²) in [5.74, 6) is -0.157. The second-order valence-electron chi connectivity index (χ2n) is 4.99. The summed E-state index contributed by atoms with van der Waals surface area (Å²) in [5, 5.41) is 3.19. The van der Waals surface area contributed by atoms with Crippen LogP contribution in [0, 0.1) is 0 Å². The van der Waals surface area contributed by atoms with Crippen LogP contribution in [0.15, 0.2) is 0 Å². The van der Waals surface area contributed by atoms with Crippen molar-refractivity contribution in [3.8, 4) is 0 Å². The molecule has 23 heavy (non-hydrogen) atoms. The van der Waals surface area contributed by atoms with Gasteiger partial charge in [0, 0.05) is 19.8 Å². The SMILES string of the molecule is CCOCCOCCOCCCNCCC(=O)OCCCCN. The quantitative estimate of drug-likeness (QED) is 0.282. The van der Waals surface area contributed by atoms with Crippen molar-refractivity contribution < 1.29 is 23.7 Å². The van der Waals surface area contributed by atoms with Crippen LogP contribution >= 0.6 is 0 Å². The van der Waals surface area contributed by atoms with Crippen molar-refractivity contribution in [3.05, 3.63) is 0 Å². The Morgan fingerprint density at radius 1 is 0.870 bits per heavy atom. The van der Waals surface area contributed by atoms with Crippen molar-refractivity contribution in [3.63, 3.8) is 0 Å². The van der Waals surface area contributed by atoms with Crippen molar-refractivity contribution in [2.24, 2.45) is 5.73 Å². The second kappa shape index (κ2) is 19.3. The Morgan fingerprint density at radius 3 is 2.26 bits per heavy atom. The normalized spacial score (nSPS) is 10.9. The van der Waals surface area contributed by atoms with Gasteiger partial charge in [0.2, 0.25) is 0 Å². The number of carbonyl (C=O) groups excluding carboxylic acids is 1. The van der Waals surface area contributed by atoms with Crippen LogP contribution in [0.25, 0.3) is 0 Å². The van der Waals surface area contributed by atoms with Gasteiger partial charge in [-0.1, -0.05) is 0 Å². The van der Waals surface area contributed by atoms with Crippen LogP contribution in [0.4, 0.5) is 0 Å². The molecular weight excluding hydrogens is 300 g/mol. The molecule has 0 spiro atoms. The summed E-state index contributed by atoms with van der Waals surface area (Å²) in [6, 6.07) is 0. The number of hydrogen-bond donors (Lipinski definition) is 2. The van der Waals surface area contributed by atoms with E-state index in [-0.39, 0.29) is 5.97 Å². The fourth-order valence-electron chi connectivity index (χ4n) is 1.70. The Morgan fingerprint density at radius 2 is 1.57 bits per heavy atom. The number of nitrogens with one attached hydrogen (secondary N) is 1. The highest BCUT2D eigenvalue weighted by Crippen LogP contribution is 1.91. The fraction of sp³-hybridized carbons (Fsp3) is 0.938. The van der Waals surface area contributed by atoms with E-state index in [9.17, 15) is 4.79 Å². The largest absolute Gasteiger partial charge is 0.466 e. The maximum Gasteiger partial charge on any atom is 0.307 e. The Balaban J connectivity index is 3.08. The lowest BCUT2D eigenvalue weighted by molar-refractivity contribution is -0.143. The highest BCUT2D eigenvalue weighted by atomic mass is 16.5. The van der Waals surface area contributed by atoms with E-state index in [0.29, 0.717) is 59.2 Å². The van der Waals surface area contributed by atoms with Crippen molar-refractivity contribution in [1.29, 1.82) is 0 Å². The fourth-order valence-corrected chi connectivity index (χ4v) is 1.70. The molecule has 0 bridgehead atoms. The summed E-state index contributed by atoms with van der Waals surface area (Å²) in [7, 11) is 0. The van der Waals surface area contributed by atoms with Gasteiger partial charge in [0.15, 0.2) is 0 Å². The first-order valence-electron chi connectivity index (χ1n) is 8.60. The van der Waals surface area contributed by atoms with Gasteiger partial charge in [-0.3, -0.25) is 4.79 Å². The second-order valence-corrected chi connectivity index (χ2v) is 4.99. The summed E-state index contributed by atoms with van der Waals surface area (Å²) < 4.78 is 21.0. The molecule has 0 saturated heterocycles. The van der Waals surface area contributed by atoms with Gasteiger partial charge in [0.1, 0.15) is 0 Å². The van der Waals surface area contributed by atoms with Crippen LogP contribution in [0.2, 0.25) is 0 Å². The molecule has 0 radical (unpaired) electrons. The van der Waals surface area contributed by atoms with E-state index in [1.807, 2.05) is 6.92 Å². The van der Waals surface area contributed by atoms with Gasteiger partial charge in [-0.25, -0.2) is 0 Å². The van der Waals surface area contributed by atoms with E-state index in [2.05, 4.69) is 5.32 Å². The monoisotopic (exact) mass is 334 g/mol. The molecule has 0 heterocycles. The average molecular weight is 334 g/mol. The molecule has 7 nitrogen and oxygen atoms in total. The Labute approximate surface area is 140 Å². The highest BCUT2D eigenvalue weighted by molar-refractivity contribution is 5.69. The molecule has 0 fully saturated rings. The molecule has 0 aliphatic carbocycles. The van der Waals surface area contributed by atoms with E-state index >= 15 is 0 Å². The molecule has 0 saturated carbocycles. The molecule has 0 aromatic rings. The Hall–Kier alpha value is -0.730. The maximum absolute atomic E-state index is 11.4. The zero-order chi connectivity index (χ0) is 17.0. The van der Waals surface area contributed by atoms with Crippen LogP contribution in [0.5, 0.6) is 0 Å². The van der Waals surface area contributed by atoms with Crippen LogP contribution in [-0.4, -0.2) is 71.9 Å². The van der Waals surface area contributed by atoms with Gasteiger partial charge in [0.25, 0.3) is 0 Å². The lowest BCUT2D eigenvalue weighted by Gasteiger charge is -2.07. The van der Waals surface area contributed by atoms with E-state index < -0.39 is 0 Å². The van der Waals surface area contributed by atoms with E-state index in [1.54, 1.807) is 0 Å². The minimum absolute atomic E-state index is 0.157. The van der Waals surface area contributed by atoms with Gasteiger partial charge in [-0.05, 0) is 39.3 Å². The molecule has 0 aromatic heterocycles. The zero-order valence-electron chi connectivity index (χ0n) is 14.5. The number of esters is 1. The van der Waals surface area contributed by atoms with Gasteiger partial charge in [0.05, 0.1) is 39.5 Å². The maximum atomic E-state index is 11.4. The minimum Gasteiger partial charge on any atom is -0.466 e. The number of unbranched alkanes of at least 4 members (excludes halogenated alkanes) is 1. The Bertz CT molecular complexity index is 255. The average Bonchev–Trinajstić information content (AvgIpc) is 2.56. The molecule has 0 aromatic carbocycles. The van der Waals surface area contributed by atoms with Crippen molar-refractivity contribution in [1.82, 2.24) is 5.32 Å². The predicted octanol–water partition coefficient (Wildman–Crippen LogP) is 0.708. The lowest BCUT2D eigenvalue weighted by Crippen LogP contribution is -2.22. The smallest absolute Gasteiger partial charge is 0.307 e. The number of carbonyl (C=O) groups is 1. The number of nitrogens with two attached hydrogens (primary N) is 1. The van der Waals surface area contributed by atoms with Crippen molar-refractivity contribution in [2.45, 2.75) is 32.6 Å². The number of ether oxygens (including phenoxy) is 4. The van der Waals surface area contributed by atoms with Crippen LogP contribution in [0.3, 0.4) is 0 Å². The standard InChI is InChI=1S/C16H34N2O5/c1-2-20-12-13-22-15-14-21-10-5-8-18-9-6-16(19)23-11-4-3-7-17/h18H,2-15,17H2,1H3. The van der Waals surface area contributed by atoms with E-state index in [1.165, 1.54) is 0 Å². The zero-order valence-corrected chi connectivity index (χ0v) is 14.5. The molecule has 0 rings (SSSR count). The van der Waals surface area contributed by atoms with E-state index in [0.717, 1.165) is 32.4 Å². The molecule has 0 atom stereocenters. The lowest BCUT2D eigenvalue weighted by atomic mass is 10.3. The molecule has 7 heteroatoms. The van der Waals surface area contributed by atoms with Gasteiger partial charge >= 0.3 is 5.97 Å². The third-order valence-electron chi connectivity index (χ3n) is 2.96. The summed E-state index contributed by atoms with van der Waals surface area (Å²) in [6.45, 7) is 8.38. The Kier molecular flexibility index (Phi) is 18.7. The molecule has 0 amide bonds. The van der Waals surface area contributed by atoms with Crippen LogP contribution in [-0.2, 0) is 23.7 Å². The van der Waals surface area contributed by atoms with Gasteiger partial charge in [-0.15, -0.1) is 0 Å². The van der Waals surface area contributed by atoms with Gasteiger partial charge < -0.3 is 30.0 Å². The first kappa shape index (κ1) is 22.3. The number of hydrogen-bond acceptors (Lipinski definition) is 7. The van der Waals surface area contributed by atoms with E-state index in [4.69, 9.17) is 24.7 Å². The van der Waals surface area contributed by atoms with Crippen molar-refractivity contribution >= 4 is 5.97 Å². The summed E-state index contributed by atoms with van der Waals surface area (Å²) in [5.41, 5.74) is 5.36. The molecule has 138 valence electrons.